The van der Waals surface area contributed by atoms with Crippen LogP contribution in [0.2, 0.25) is 0 Å². The molecule has 3 aromatic heterocycles. The maximum absolute atomic E-state index is 12.0. The number of rotatable bonds is 5. The summed E-state index contributed by atoms with van der Waals surface area (Å²) in [6, 6.07) is 3.54. The Bertz CT molecular complexity index is 784. The van der Waals surface area contributed by atoms with E-state index in [1.807, 2.05) is 19.2 Å². The van der Waals surface area contributed by atoms with Crippen molar-refractivity contribution in [2.24, 2.45) is 0 Å². The van der Waals surface area contributed by atoms with E-state index in [0.717, 1.165) is 10.7 Å². The van der Waals surface area contributed by atoms with Crippen LogP contribution in [0, 0.1) is 6.92 Å². The van der Waals surface area contributed by atoms with Crippen LogP contribution >= 0.6 is 22.7 Å². The number of nitrogens with one attached hydrogen (secondary N) is 2. The number of carbonyl (C=O) groups is 1. The van der Waals surface area contributed by atoms with Gasteiger partial charge in [0.05, 0.1) is 11.6 Å². The van der Waals surface area contributed by atoms with Crippen molar-refractivity contribution in [3.8, 4) is 0 Å². The molecule has 0 aliphatic heterocycles. The first-order valence-electron chi connectivity index (χ1n) is 6.84. The third-order valence-corrected chi connectivity index (χ3v) is 4.73. The molecule has 3 aromatic rings. The highest BCUT2D eigenvalue weighted by molar-refractivity contribution is 7.13. The molecule has 1 atom stereocenters. The summed E-state index contributed by atoms with van der Waals surface area (Å²) in [5.41, 5.74) is 3.03. The van der Waals surface area contributed by atoms with Crippen molar-refractivity contribution in [2.75, 3.05) is 10.6 Å². The molecule has 1 unspecified atom stereocenters. The highest BCUT2D eigenvalue weighted by Crippen LogP contribution is 2.21. The fraction of sp³-hybridized carbons (Fsp3) is 0.214. The van der Waals surface area contributed by atoms with Crippen molar-refractivity contribution < 1.29 is 4.79 Å². The second-order valence-corrected chi connectivity index (χ2v) is 6.55. The van der Waals surface area contributed by atoms with Gasteiger partial charge in [-0.15, -0.1) is 21.5 Å². The largest absolute Gasteiger partial charge is 0.361 e. The van der Waals surface area contributed by atoms with Crippen LogP contribution in [0.3, 0.4) is 0 Å². The van der Waals surface area contributed by atoms with Crippen LogP contribution in [-0.2, 0) is 0 Å². The molecule has 0 saturated carbocycles. The van der Waals surface area contributed by atoms with Crippen molar-refractivity contribution >= 4 is 39.5 Å². The number of thiazole rings is 1. The molecule has 9 heteroatoms. The van der Waals surface area contributed by atoms with Crippen LogP contribution in [0.25, 0.3) is 0 Å². The second-order valence-electron chi connectivity index (χ2n) is 4.82. The van der Waals surface area contributed by atoms with Gasteiger partial charge >= 0.3 is 0 Å². The molecular formula is C14H14N6OS2. The Balaban J connectivity index is 1.63. The molecule has 0 spiro atoms. The van der Waals surface area contributed by atoms with Gasteiger partial charge in [0, 0.05) is 17.3 Å². The Kier molecular flexibility index (Phi) is 4.58. The average Bonchev–Trinajstić information content (AvgIpc) is 3.19. The summed E-state index contributed by atoms with van der Waals surface area (Å²) in [5, 5.41) is 16.9. The number of hydrogen-bond donors (Lipinski definition) is 2. The first-order valence-corrected chi connectivity index (χ1v) is 8.60. The van der Waals surface area contributed by atoms with E-state index in [4.69, 9.17) is 0 Å². The lowest BCUT2D eigenvalue weighted by molar-refractivity contribution is 0.102. The van der Waals surface area contributed by atoms with E-state index in [0.29, 0.717) is 16.5 Å². The molecule has 118 valence electrons. The Hall–Kier alpha value is -2.39. The number of pyridine rings is 1. The number of aromatic nitrogens is 4. The molecule has 2 N–H and O–H groups in total. The Morgan fingerprint density at radius 2 is 2.17 bits per heavy atom. The Morgan fingerprint density at radius 1 is 1.30 bits per heavy atom. The lowest BCUT2D eigenvalue weighted by Gasteiger charge is -2.12. The zero-order chi connectivity index (χ0) is 16.2. The van der Waals surface area contributed by atoms with Gasteiger partial charge in [0.25, 0.3) is 5.91 Å². The van der Waals surface area contributed by atoms with Gasteiger partial charge in [-0.05, 0) is 26.0 Å². The SMILES string of the molecule is Cc1csc(C(C)Nc2ccc(C(=O)Nc3nncs3)cn2)n1. The Morgan fingerprint density at radius 3 is 2.78 bits per heavy atom. The molecule has 0 aliphatic rings. The summed E-state index contributed by atoms with van der Waals surface area (Å²) in [6.07, 6.45) is 1.53. The van der Waals surface area contributed by atoms with Crippen LogP contribution in [0.15, 0.2) is 29.2 Å². The van der Waals surface area contributed by atoms with Gasteiger partial charge in [-0.2, -0.15) is 0 Å². The molecule has 0 aliphatic carbocycles. The highest BCUT2D eigenvalue weighted by atomic mass is 32.1. The third kappa shape index (κ3) is 3.88. The van der Waals surface area contributed by atoms with Crippen molar-refractivity contribution in [3.63, 3.8) is 0 Å². The van der Waals surface area contributed by atoms with Gasteiger partial charge in [-0.3, -0.25) is 10.1 Å². The first-order chi connectivity index (χ1) is 11.1. The zero-order valence-corrected chi connectivity index (χ0v) is 14.1. The molecule has 1 amide bonds. The van der Waals surface area contributed by atoms with E-state index in [1.165, 1.54) is 17.5 Å². The fourth-order valence-electron chi connectivity index (χ4n) is 1.87. The van der Waals surface area contributed by atoms with Gasteiger partial charge in [0.1, 0.15) is 16.3 Å². The summed E-state index contributed by atoms with van der Waals surface area (Å²) in [6.45, 7) is 3.99. The lowest BCUT2D eigenvalue weighted by Crippen LogP contribution is -2.13. The molecule has 23 heavy (non-hydrogen) atoms. The van der Waals surface area contributed by atoms with Crippen molar-refractivity contribution in [2.45, 2.75) is 19.9 Å². The predicted octanol–water partition coefficient (Wildman–Crippen LogP) is 3.12. The van der Waals surface area contributed by atoms with E-state index >= 15 is 0 Å². The van der Waals surface area contributed by atoms with Crippen LogP contribution in [0.5, 0.6) is 0 Å². The predicted molar refractivity (Wildman–Crippen MR) is 91.0 cm³/mol. The van der Waals surface area contributed by atoms with E-state index < -0.39 is 0 Å². The maximum Gasteiger partial charge on any atom is 0.259 e. The number of carbonyl (C=O) groups excluding carboxylic acids is 1. The quantitative estimate of drug-likeness (QED) is 0.737. The number of aryl methyl sites for hydroxylation is 1. The van der Waals surface area contributed by atoms with Crippen molar-refractivity contribution in [3.05, 3.63) is 45.5 Å². The molecular weight excluding hydrogens is 332 g/mol. The van der Waals surface area contributed by atoms with Crippen LogP contribution < -0.4 is 10.6 Å². The van der Waals surface area contributed by atoms with Gasteiger partial charge in [0.2, 0.25) is 5.13 Å². The minimum Gasteiger partial charge on any atom is -0.361 e. The van der Waals surface area contributed by atoms with E-state index in [1.54, 1.807) is 29.0 Å². The minimum atomic E-state index is -0.260. The number of amides is 1. The molecule has 3 rings (SSSR count). The summed E-state index contributed by atoms with van der Waals surface area (Å²) >= 11 is 2.87. The van der Waals surface area contributed by atoms with Crippen LogP contribution in [-0.4, -0.2) is 26.1 Å². The lowest BCUT2D eigenvalue weighted by atomic mass is 10.2. The minimum absolute atomic E-state index is 0.0577. The van der Waals surface area contributed by atoms with Gasteiger partial charge in [0.15, 0.2) is 0 Å². The summed E-state index contributed by atoms with van der Waals surface area (Å²) < 4.78 is 0. The van der Waals surface area contributed by atoms with Crippen molar-refractivity contribution in [1.29, 1.82) is 0 Å². The second kappa shape index (κ2) is 6.80. The molecule has 0 aromatic carbocycles. The monoisotopic (exact) mass is 346 g/mol. The zero-order valence-electron chi connectivity index (χ0n) is 12.5. The van der Waals surface area contributed by atoms with E-state index in [2.05, 4.69) is 30.8 Å². The smallest absolute Gasteiger partial charge is 0.259 e. The third-order valence-electron chi connectivity index (χ3n) is 2.98. The molecule has 0 radical (unpaired) electrons. The molecule has 0 saturated heterocycles. The molecule has 7 nitrogen and oxygen atoms in total. The van der Waals surface area contributed by atoms with Gasteiger partial charge in [-0.1, -0.05) is 11.3 Å². The summed E-state index contributed by atoms with van der Waals surface area (Å²) in [7, 11) is 0. The number of hydrogen-bond acceptors (Lipinski definition) is 8. The fourth-order valence-corrected chi connectivity index (χ4v) is 3.11. The van der Waals surface area contributed by atoms with Crippen molar-refractivity contribution in [1.82, 2.24) is 20.2 Å². The topological polar surface area (TPSA) is 92.7 Å². The molecule has 3 heterocycles. The standard InChI is InChI=1S/C14H14N6OS2/c1-8-6-22-13(17-8)9(2)18-11-4-3-10(5-15-11)12(21)19-14-20-16-7-23-14/h3-7,9H,1-2H3,(H,15,18)(H,19,20,21). The summed E-state index contributed by atoms with van der Waals surface area (Å²) in [5.74, 6) is 0.433. The van der Waals surface area contributed by atoms with E-state index in [-0.39, 0.29) is 11.9 Å². The number of anilines is 2. The van der Waals surface area contributed by atoms with Crippen LogP contribution in [0.4, 0.5) is 10.9 Å². The molecule has 0 bridgehead atoms. The normalized spacial score (nSPS) is 11.9. The van der Waals surface area contributed by atoms with Gasteiger partial charge in [-0.25, -0.2) is 9.97 Å². The first kappa shape index (κ1) is 15.5. The maximum atomic E-state index is 12.0. The van der Waals surface area contributed by atoms with Gasteiger partial charge < -0.3 is 5.32 Å². The summed E-state index contributed by atoms with van der Waals surface area (Å²) in [4.78, 5) is 20.7. The number of nitrogens with zero attached hydrogens (tertiary/aromatic N) is 4. The highest BCUT2D eigenvalue weighted by Gasteiger charge is 2.12. The van der Waals surface area contributed by atoms with Crippen LogP contribution in [0.1, 0.15) is 34.0 Å². The molecule has 0 fully saturated rings. The average molecular weight is 346 g/mol. The van der Waals surface area contributed by atoms with E-state index in [9.17, 15) is 4.79 Å². The Labute approximate surface area is 140 Å².